The van der Waals surface area contributed by atoms with Gasteiger partial charge in [-0.15, -0.1) is 11.8 Å². The Hall–Kier alpha value is -5.56. The Balaban J connectivity index is 1.37. The number of carbonyl (C=O) groups excluding carboxylic acids is 3. The van der Waals surface area contributed by atoms with E-state index in [1.54, 1.807) is 72.8 Å². The van der Waals surface area contributed by atoms with E-state index in [1.165, 1.54) is 60.3 Å². The normalized spacial score (nSPS) is 12.1. The second-order valence-electron chi connectivity index (χ2n) is 10.3. The summed E-state index contributed by atoms with van der Waals surface area (Å²) in [5.41, 5.74) is 1.69. The first-order chi connectivity index (χ1) is 23.1. The first kappa shape index (κ1) is 33.8. The van der Waals surface area contributed by atoms with Crippen LogP contribution in [0.1, 0.15) is 26.7 Å². The molecular weight excluding hydrogens is 652 g/mol. The minimum atomic E-state index is -3.89. The molecule has 1 atom stereocenters. The number of halogens is 1. The SMILES string of the molecule is NS(=O)(=O)c1ccc(NC(=O)C(Sc2cccc(NC(=O)/C(=C/c3ccccc3F)NC(=O)c3ccccc3)c2)c2ccccc2)cc1. The van der Waals surface area contributed by atoms with E-state index in [0.717, 1.165) is 0 Å². The third kappa shape index (κ3) is 9.04. The summed E-state index contributed by atoms with van der Waals surface area (Å²) in [6.07, 6.45) is 1.26. The van der Waals surface area contributed by atoms with Crippen molar-refractivity contribution in [3.05, 3.63) is 162 Å². The number of carbonyl (C=O) groups is 3. The summed E-state index contributed by atoms with van der Waals surface area (Å²) in [4.78, 5) is 40.6. The number of sulfonamides is 1. The smallest absolute Gasteiger partial charge is 0.272 e. The maximum atomic E-state index is 14.5. The molecule has 0 bridgehead atoms. The van der Waals surface area contributed by atoms with Crippen LogP contribution in [0, 0.1) is 5.82 Å². The molecule has 0 aliphatic heterocycles. The van der Waals surface area contributed by atoms with Crippen LogP contribution in [0.15, 0.2) is 149 Å². The molecular formula is C36H29FN4O5S2. The Kier molecular flexibility index (Phi) is 10.8. The van der Waals surface area contributed by atoms with E-state index >= 15 is 0 Å². The fraction of sp³-hybridized carbons (Fsp3) is 0.0278. The van der Waals surface area contributed by atoms with E-state index in [1.807, 2.05) is 18.2 Å². The lowest BCUT2D eigenvalue weighted by molar-refractivity contribution is -0.116. The summed E-state index contributed by atoms with van der Waals surface area (Å²) >= 11 is 1.23. The minimum Gasteiger partial charge on any atom is -0.325 e. The van der Waals surface area contributed by atoms with Crippen LogP contribution in [0.25, 0.3) is 6.08 Å². The largest absolute Gasteiger partial charge is 0.325 e. The van der Waals surface area contributed by atoms with Crippen molar-refractivity contribution < 1.29 is 27.2 Å². The molecule has 0 aromatic heterocycles. The number of nitrogens with two attached hydrogens (primary N) is 1. The molecule has 0 heterocycles. The van der Waals surface area contributed by atoms with Crippen LogP contribution in [0.2, 0.25) is 0 Å². The van der Waals surface area contributed by atoms with Gasteiger partial charge < -0.3 is 16.0 Å². The molecule has 0 radical (unpaired) electrons. The average Bonchev–Trinajstić information content (AvgIpc) is 3.08. The van der Waals surface area contributed by atoms with Crippen LogP contribution in [0.5, 0.6) is 0 Å². The Bertz CT molecular complexity index is 2080. The molecule has 48 heavy (non-hydrogen) atoms. The number of benzene rings is 5. The lowest BCUT2D eigenvalue weighted by Crippen LogP contribution is -2.30. The fourth-order valence-corrected chi connectivity index (χ4v) is 6.11. The van der Waals surface area contributed by atoms with Crippen molar-refractivity contribution in [3.63, 3.8) is 0 Å². The van der Waals surface area contributed by atoms with E-state index in [9.17, 15) is 27.2 Å². The standard InChI is InChI=1S/C36H29FN4O5S2/c37-31-17-8-7-14-26(31)22-32(41-34(42)25-12-5-2-6-13-25)35(43)40-28-15-9-16-29(23-28)47-33(24-10-3-1-4-11-24)36(44)39-27-18-20-30(21-19-27)48(38,45)46/h1-23,33H,(H,39,44)(H,40,43)(H,41,42)(H2,38,45,46)/b32-22-. The molecule has 0 aliphatic rings. The maximum Gasteiger partial charge on any atom is 0.272 e. The third-order valence-electron chi connectivity index (χ3n) is 6.87. The van der Waals surface area contributed by atoms with Crippen molar-refractivity contribution in [2.75, 3.05) is 10.6 Å². The molecule has 3 amide bonds. The first-order valence-corrected chi connectivity index (χ1v) is 16.9. The predicted octanol–water partition coefficient (Wildman–Crippen LogP) is 6.35. The second kappa shape index (κ2) is 15.4. The van der Waals surface area contributed by atoms with Gasteiger partial charge in [0.1, 0.15) is 16.8 Å². The topological polar surface area (TPSA) is 147 Å². The predicted molar refractivity (Wildman–Crippen MR) is 185 cm³/mol. The monoisotopic (exact) mass is 680 g/mol. The molecule has 5 aromatic carbocycles. The summed E-state index contributed by atoms with van der Waals surface area (Å²) in [6.45, 7) is 0. The molecule has 0 aliphatic carbocycles. The maximum absolute atomic E-state index is 14.5. The zero-order valence-corrected chi connectivity index (χ0v) is 26.8. The van der Waals surface area contributed by atoms with Gasteiger partial charge >= 0.3 is 0 Å². The number of primary sulfonamides is 1. The van der Waals surface area contributed by atoms with E-state index in [0.29, 0.717) is 27.4 Å². The highest BCUT2D eigenvalue weighted by Gasteiger charge is 2.23. The molecule has 5 rings (SSSR count). The number of rotatable bonds is 11. The van der Waals surface area contributed by atoms with Gasteiger partial charge in [0.2, 0.25) is 15.9 Å². The van der Waals surface area contributed by atoms with Crippen LogP contribution < -0.4 is 21.1 Å². The van der Waals surface area contributed by atoms with Crippen molar-refractivity contribution in [1.29, 1.82) is 0 Å². The van der Waals surface area contributed by atoms with Gasteiger partial charge in [0.25, 0.3) is 11.8 Å². The summed E-state index contributed by atoms with van der Waals surface area (Å²) in [7, 11) is -3.89. The van der Waals surface area contributed by atoms with Gasteiger partial charge in [0.05, 0.1) is 4.90 Å². The van der Waals surface area contributed by atoms with Crippen LogP contribution in [-0.2, 0) is 19.6 Å². The van der Waals surface area contributed by atoms with Crippen molar-refractivity contribution in [2.45, 2.75) is 15.0 Å². The lowest BCUT2D eigenvalue weighted by atomic mass is 10.1. The van der Waals surface area contributed by atoms with Gasteiger partial charge in [0.15, 0.2) is 0 Å². The summed E-state index contributed by atoms with van der Waals surface area (Å²) < 4.78 is 37.8. The van der Waals surface area contributed by atoms with Crippen molar-refractivity contribution in [1.82, 2.24) is 5.32 Å². The highest BCUT2D eigenvalue weighted by molar-refractivity contribution is 8.00. The van der Waals surface area contributed by atoms with Gasteiger partial charge in [-0.2, -0.15) is 0 Å². The zero-order chi connectivity index (χ0) is 34.1. The number of thioether (sulfide) groups is 1. The van der Waals surface area contributed by atoms with E-state index in [4.69, 9.17) is 5.14 Å². The Labute approximate surface area is 281 Å². The Morgan fingerprint density at radius 2 is 1.38 bits per heavy atom. The van der Waals surface area contributed by atoms with Gasteiger partial charge in [0, 0.05) is 27.4 Å². The molecule has 0 fully saturated rings. The van der Waals surface area contributed by atoms with Crippen molar-refractivity contribution in [2.24, 2.45) is 5.14 Å². The van der Waals surface area contributed by atoms with Gasteiger partial charge in [-0.25, -0.2) is 17.9 Å². The molecule has 9 nitrogen and oxygen atoms in total. The molecule has 5 aromatic rings. The van der Waals surface area contributed by atoms with Crippen LogP contribution >= 0.6 is 11.8 Å². The van der Waals surface area contributed by atoms with E-state index < -0.39 is 32.9 Å². The number of hydrogen-bond donors (Lipinski definition) is 4. The molecule has 0 saturated heterocycles. The number of hydrogen-bond acceptors (Lipinski definition) is 6. The summed E-state index contributed by atoms with van der Waals surface area (Å²) in [5.74, 6) is -2.18. The highest BCUT2D eigenvalue weighted by atomic mass is 32.2. The van der Waals surface area contributed by atoms with Crippen molar-refractivity contribution >= 4 is 57.0 Å². The average molecular weight is 681 g/mol. The molecule has 5 N–H and O–H groups in total. The minimum absolute atomic E-state index is 0.0834. The Morgan fingerprint density at radius 3 is 2.04 bits per heavy atom. The second-order valence-corrected chi connectivity index (χ2v) is 13.1. The zero-order valence-electron chi connectivity index (χ0n) is 25.2. The quantitative estimate of drug-likeness (QED) is 0.0944. The van der Waals surface area contributed by atoms with Gasteiger partial charge in [-0.3, -0.25) is 14.4 Å². The van der Waals surface area contributed by atoms with Crippen LogP contribution in [0.3, 0.4) is 0 Å². The summed E-state index contributed by atoms with van der Waals surface area (Å²) in [5, 5.41) is 12.6. The molecule has 12 heteroatoms. The molecule has 0 saturated carbocycles. The highest BCUT2D eigenvalue weighted by Crippen LogP contribution is 2.37. The molecule has 1 unspecified atom stereocenters. The van der Waals surface area contributed by atoms with Crippen LogP contribution in [-0.4, -0.2) is 26.1 Å². The molecule has 242 valence electrons. The lowest BCUT2D eigenvalue weighted by Gasteiger charge is -2.18. The van der Waals surface area contributed by atoms with E-state index in [2.05, 4.69) is 16.0 Å². The number of anilines is 2. The number of nitrogens with one attached hydrogen (secondary N) is 3. The van der Waals surface area contributed by atoms with Crippen molar-refractivity contribution in [3.8, 4) is 0 Å². The van der Waals surface area contributed by atoms with Gasteiger partial charge in [-0.1, -0.05) is 72.8 Å². The number of amides is 3. The van der Waals surface area contributed by atoms with Gasteiger partial charge in [-0.05, 0) is 72.3 Å². The van der Waals surface area contributed by atoms with E-state index in [-0.39, 0.29) is 22.1 Å². The Morgan fingerprint density at radius 1 is 0.729 bits per heavy atom. The fourth-order valence-electron chi connectivity index (χ4n) is 4.51. The molecule has 0 spiro atoms. The van der Waals surface area contributed by atoms with Crippen LogP contribution in [0.4, 0.5) is 15.8 Å². The summed E-state index contributed by atoms with van der Waals surface area (Å²) in [6, 6.07) is 35.5. The third-order valence-corrected chi connectivity index (χ3v) is 9.05. The first-order valence-electron chi connectivity index (χ1n) is 14.5.